The second-order valence-electron chi connectivity index (χ2n) is 3.66. The van der Waals surface area contributed by atoms with E-state index in [9.17, 15) is 4.79 Å². The van der Waals surface area contributed by atoms with Crippen molar-refractivity contribution in [3.63, 3.8) is 0 Å². The van der Waals surface area contributed by atoms with Crippen LogP contribution in [0.5, 0.6) is 0 Å². The summed E-state index contributed by atoms with van der Waals surface area (Å²) in [6, 6.07) is 7.35. The van der Waals surface area contributed by atoms with Crippen LogP contribution in [0.2, 0.25) is 0 Å². The first-order chi connectivity index (χ1) is 7.63. The lowest BCUT2D eigenvalue weighted by Crippen LogP contribution is -2.32. The van der Waals surface area contributed by atoms with Gasteiger partial charge in [0.05, 0.1) is 0 Å². The third-order valence-corrected chi connectivity index (χ3v) is 2.95. The highest BCUT2D eigenvalue weighted by atomic mass is 79.9. The maximum Gasteiger partial charge on any atom is 0.251 e. The Morgan fingerprint density at radius 3 is 2.56 bits per heavy atom. The third-order valence-electron chi connectivity index (χ3n) is 2.43. The molecule has 1 rings (SSSR count). The Balaban J connectivity index is 2.38. The van der Waals surface area contributed by atoms with Crippen molar-refractivity contribution >= 4 is 21.8 Å². The Morgan fingerprint density at radius 1 is 1.38 bits per heavy atom. The molecule has 1 aromatic carbocycles. The summed E-state index contributed by atoms with van der Waals surface area (Å²) in [5.74, 6) is -0.0167. The van der Waals surface area contributed by atoms with Crippen molar-refractivity contribution in [3.05, 3.63) is 34.3 Å². The Morgan fingerprint density at radius 2 is 2.00 bits per heavy atom. The van der Waals surface area contributed by atoms with E-state index in [0.29, 0.717) is 12.1 Å². The Labute approximate surface area is 105 Å². The van der Waals surface area contributed by atoms with Gasteiger partial charge in [0.1, 0.15) is 0 Å². The quantitative estimate of drug-likeness (QED) is 0.899. The molecule has 0 aliphatic heterocycles. The van der Waals surface area contributed by atoms with Gasteiger partial charge in [0, 0.05) is 23.1 Å². The van der Waals surface area contributed by atoms with Gasteiger partial charge in [0.25, 0.3) is 5.91 Å². The van der Waals surface area contributed by atoms with Crippen LogP contribution >= 0.6 is 15.9 Å². The van der Waals surface area contributed by atoms with Crippen molar-refractivity contribution in [2.75, 3.05) is 26.7 Å². The molecule has 0 atom stereocenters. The summed E-state index contributed by atoms with van der Waals surface area (Å²) >= 11 is 3.34. The van der Waals surface area contributed by atoms with Crippen LogP contribution in [0, 0.1) is 0 Å². The summed E-state index contributed by atoms with van der Waals surface area (Å²) < 4.78 is 0.981. The van der Waals surface area contributed by atoms with Crippen LogP contribution in [0.3, 0.4) is 0 Å². The second kappa shape index (κ2) is 6.66. The topological polar surface area (TPSA) is 32.3 Å². The van der Waals surface area contributed by atoms with E-state index in [1.54, 1.807) is 0 Å². The molecule has 0 aliphatic carbocycles. The molecule has 0 fully saturated rings. The number of benzene rings is 1. The fourth-order valence-electron chi connectivity index (χ4n) is 1.22. The molecule has 3 nitrogen and oxygen atoms in total. The van der Waals surface area contributed by atoms with Crippen LogP contribution in [0.1, 0.15) is 17.3 Å². The van der Waals surface area contributed by atoms with Gasteiger partial charge in [-0.3, -0.25) is 4.79 Å². The summed E-state index contributed by atoms with van der Waals surface area (Å²) in [7, 11) is 2.03. The number of carbonyl (C=O) groups excluding carboxylic acids is 1. The minimum atomic E-state index is -0.0167. The first-order valence-corrected chi connectivity index (χ1v) is 6.15. The van der Waals surface area contributed by atoms with Gasteiger partial charge in [0.2, 0.25) is 0 Å². The number of halogens is 1. The molecular weight excluding hydrogens is 268 g/mol. The lowest BCUT2D eigenvalue weighted by molar-refractivity contribution is 0.0950. The number of rotatable bonds is 5. The molecule has 1 N–H and O–H groups in total. The predicted octanol–water partition coefficient (Wildman–Crippen LogP) is 2.13. The van der Waals surface area contributed by atoms with E-state index in [-0.39, 0.29) is 5.91 Å². The third kappa shape index (κ3) is 4.33. The lowest BCUT2D eigenvalue weighted by atomic mass is 10.2. The molecule has 1 amide bonds. The van der Waals surface area contributed by atoms with Gasteiger partial charge in [0.15, 0.2) is 0 Å². The molecule has 0 radical (unpaired) electrons. The molecule has 0 aliphatic rings. The van der Waals surface area contributed by atoms with Gasteiger partial charge in [-0.1, -0.05) is 22.9 Å². The summed E-state index contributed by atoms with van der Waals surface area (Å²) in [6.07, 6.45) is 0. The number of nitrogens with one attached hydrogen (secondary N) is 1. The maximum absolute atomic E-state index is 11.7. The molecule has 0 aromatic heterocycles. The Bertz CT molecular complexity index is 337. The highest BCUT2D eigenvalue weighted by molar-refractivity contribution is 9.10. The monoisotopic (exact) mass is 284 g/mol. The number of likely N-dealkylation sites (N-methyl/N-ethyl adjacent to an activating group) is 1. The second-order valence-corrected chi connectivity index (χ2v) is 4.57. The fourth-order valence-corrected chi connectivity index (χ4v) is 1.49. The number of amides is 1. The van der Waals surface area contributed by atoms with Crippen LogP contribution in [0.15, 0.2) is 28.7 Å². The Kier molecular flexibility index (Phi) is 5.49. The summed E-state index contributed by atoms with van der Waals surface area (Å²) in [5.41, 5.74) is 0.697. The van der Waals surface area contributed by atoms with Crippen molar-refractivity contribution in [2.45, 2.75) is 6.92 Å². The molecule has 0 saturated carbocycles. The zero-order valence-electron chi connectivity index (χ0n) is 9.66. The molecule has 0 saturated heterocycles. The molecule has 1 aromatic rings. The minimum Gasteiger partial charge on any atom is -0.351 e. The van der Waals surface area contributed by atoms with Gasteiger partial charge < -0.3 is 10.2 Å². The van der Waals surface area contributed by atoms with Gasteiger partial charge in [-0.05, 0) is 37.9 Å². The van der Waals surface area contributed by atoms with E-state index in [4.69, 9.17) is 0 Å². The van der Waals surface area contributed by atoms with Gasteiger partial charge in [-0.15, -0.1) is 0 Å². The number of carbonyl (C=O) groups is 1. The van der Waals surface area contributed by atoms with E-state index >= 15 is 0 Å². The number of hydrogen-bond acceptors (Lipinski definition) is 2. The van der Waals surface area contributed by atoms with Gasteiger partial charge >= 0.3 is 0 Å². The lowest BCUT2D eigenvalue weighted by Gasteiger charge is -2.13. The Hall–Kier alpha value is -0.870. The van der Waals surface area contributed by atoms with Crippen molar-refractivity contribution in [2.24, 2.45) is 0 Å². The van der Waals surface area contributed by atoms with Crippen molar-refractivity contribution < 1.29 is 4.79 Å². The molecule has 0 unspecified atom stereocenters. The van der Waals surface area contributed by atoms with Crippen LogP contribution in [-0.2, 0) is 0 Å². The van der Waals surface area contributed by atoms with Crippen LogP contribution in [-0.4, -0.2) is 37.5 Å². The molecule has 0 bridgehead atoms. The van der Waals surface area contributed by atoms with E-state index in [2.05, 4.69) is 33.1 Å². The van der Waals surface area contributed by atoms with Crippen molar-refractivity contribution in [1.82, 2.24) is 10.2 Å². The zero-order chi connectivity index (χ0) is 12.0. The average Bonchev–Trinajstić information content (AvgIpc) is 2.29. The summed E-state index contributed by atoms with van der Waals surface area (Å²) in [6.45, 7) is 4.64. The van der Waals surface area contributed by atoms with Gasteiger partial charge in [-0.2, -0.15) is 0 Å². The van der Waals surface area contributed by atoms with Crippen molar-refractivity contribution in [3.8, 4) is 0 Å². The molecule has 88 valence electrons. The maximum atomic E-state index is 11.7. The van der Waals surface area contributed by atoms with Crippen LogP contribution < -0.4 is 5.32 Å². The van der Waals surface area contributed by atoms with Crippen molar-refractivity contribution in [1.29, 1.82) is 0 Å². The molecule has 0 heterocycles. The summed E-state index contributed by atoms with van der Waals surface area (Å²) in [4.78, 5) is 13.8. The fraction of sp³-hybridized carbons (Fsp3) is 0.417. The van der Waals surface area contributed by atoms with E-state index in [0.717, 1.165) is 17.6 Å². The zero-order valence-corrected chi connectivity index (χ0v) is 11.3. The summed E-state index contributed by atoms with van der Waals surface area (Å²) in [5, 5.41) is 2.89. The van der Waals surface area contributed by atoms with E-state index < -0.39 is 0 Å². The number of nitrogens with zero attached hydrogens (tertiary/aromatic N) is 1. The minimum absolute atomic E-state index is 0.0167. The first kappa shape index (κ1) is 13.2. The molecule has 16 heavy (non-hydrogen) atoms. The van der Waals surface area contributed by atoms with Gasteiger partial charge in [-0.25, -0.2) is 0 Å². The van der Waals surface area contributed by atoms with E-state index in [1.807, 2.05) is 31.3 Å². The highest BCUT2D eigenvalue weighted by Crippen LogP contribution is 2.10. The molecule has 4 heteroatoms. The largest absolute Gasteiger partial charge is 0.351 e. The first-order valence-electron chi connectivity index (χ1n) is 5.35. The smallest absolute Gasteiger partial charge is 0.251 e. The molecule has 0 spiro atoms. The normalized spacial score (nSPS) is 10.5. The highest BCUT2D eigenvalue weighted by Gasteiger charge is 2.04. The predicted molar refractivity (Wildman–Crippen MR) is 69.6 cm³/mol. The van der Waals surface area contributed by atoms with E-state index in [1.165, 1.54) is 0 Å². The van der Waals surface area contributed by atoms with Crippen LogP contribution in [0.25, 0.3) is 0 Å². The standard InChI is InChI=1S/C12H17BrN2O/c1-3-15(2)9-8-14-12(16)10-4-6-11(13)7-5-10/h4-7H,3,8-9H2,1-2H3,(H,14,16). The van der Waals surface area contributed by atoms with Crippen LogP contribution in [0.4, 0.5) is 0 Å². The average molecular weight is 285 g/mol. The number of hydrogen-bond donors (Lipinski definition) is 1. The SMILES string of the molecule is CCN(C)CCNC(=O)c1ccc(Br)cc1. The molecular formula is C12H17BrN2O.